The second-order valence-electron chi connectivity index (χ2n) is 22.6. The molecule has 22 heteroatoms. The summed E-state index contributed by atoms with van der Waals surface area (Å²) in [7, 11) is 0.283. The highest BCUT2D eigenvalue weighted by atomic mass is 32.2. The Morgan fingerprint density at radius 2 is 1.55 bits per heavy atom. The van der Waals surface area contributed by atoms with Crippen molar-refractivity contribution < 1.29 is 37.7 Å². The first kappa shape index (κ1) is 51.9. The molecule has 8 aliphatic rings. The number of aromatic nitrogens is 4. The summed E-state index contributed by atoms with van der Waals surface area (Å²) in [5, 5.41) is 12.4. The number of aryl methyl sites for hydroxylation is 1. The number of hydrogen-bond donors (Lipinski definition) is 4. The summed E-state index contributed by atoms with van der Waals surface area (Å²) in [6.07, 6.45) is 14.1. The summed E-state index contributed by atoms with van der Waals surface area (Å²) in [4.78, 5) is 108. The van der Waals surface area contributed by atoms with Crippen LogP contribution in [0.4, 0.5) is 17.5 Å². The van der Waals surface area contributed by atoms with Crippen LogP contribution in [0.5, 0.6) is 0 Å². The first-order valence-corrected chi connectivity index (χ1v) is 28.9. The second-order valence-corrected chi connectivity index (χ2v) is 24.1. The highest BCUT2D eigenvalue weighted by molar-refractivity contribution is 7.85. The number of anilines is 3. The van der Waals surface area contributed by atoms with Gasteiger partial charge in [0.1, 0.15) is 28.1 Å². The standard InChI is InChI=1S/C54H71N13O8S/c1-53(15-3-16-53)62-48-46-41(14-27-76(46)74)59-52(61-48)66-21-10-35(11-22-66)47-55-29-39(30-56-47)64-23-12-38(13-24-64)58-44(69)31-57-54(51(73)75-2)17-25-65(26-18-54)45(70)33-63-19-8-34(9-20-63)36-4-5-40-37(28-36)32-67(50(40)72)42-6-7-43(68)60-49(42)71/h4-5,28-30,34-35,38,42,57H,3,6-27,31-33H2,1-2H3,(H,58,69)(H,59,61,62)(H,60,68,71)/t42?,76-/m1/s1. The number of imide groups is 1. The van der Waals surface area contributed by atoms with E-state index in [9.17, 15) is 33.0 Å². The first-order chi connectivity index (χ1) is 36.7. The van der Waals surface area contributed by atoms with Gasteiger partial charge in [0.15, 0.2) is 0 Å². The number of likely N-dealkylation sites (tertiary alicyclic amines) is 2. The van der Waals surface area contributed by atoms with E-state index < -0.39 is 34.3 Å². The molecule has 1 unspecified atom stereocenters. The molecule has 1 aromatic carbocycles. The molecule has 2 aromatic heterocycles. The van der Waals surface area contributed by atoms with Gasteiger partial charge in [0.2, 0.25) is 29.6 Å². The molecule has 7 aliphatic heterocycles. The van der Waals surface area contributed by atoms with E-state index in [1.807, 2.05) is 24.5 Å². The molecule has 21 nitrogen and oxygen atoms in total. The molecule has 9 heterocycles. The molecule has 76 heavy (non-hydrogen) atoms. The maximum atomic E-state index is 13.6. The van der Waals surface area contributed by atoms with Crippen molar-refractivity contribution in [2.45, 2.75) is 143 Å². The average Bonchev–Trinajstić information content (AvgIpc) is 3.98. The molecule has 3 aromatic rings. The van der Waals surface area contributed by atoms with E-state index in [1.54, 1.807) is 9.80 Å². The van der Waals surface area contributed by atoms with Crippen molar-refractivity contribution in [3.8, 4) is 0 Å². The Hall–Kier alpha value is -6.13. The quantitative estimate of drug-likeness (QED) is 0.134. The smallest absolute Gasteiger partial charge is 0.326 e. The molecule has 11 rings (SSSR count). The minimum absolute atomic E-state index is 0.00326. The highest BCUT2D eigenvalue weighted by Gasteiger charge is 2.45. The summed E-state index contributed by atoms with van der Waals surface area (Å²) in [6.45, 7) is 8.06. The minimum Gasteiger partial charge on any atom is -0.468 e. The van der Waals surface area contributed by atoms with Crippen molar-refractivity contribution in [3.63, 3.8) is 0 Å². The van der Waals surface area contributed by atoms with E-state index in [0.29, 0.717) is 62.6 Å². The summed E-state index contributed by atoms with van der Waals surface area (Å²) < 4.78 is 18.1. The SMILES string of the molecule is COC(=O)C1(NCC(=O)NC2CCN(c3cnc(C4CCN(c5nc6c(c(NC7(C)CCC7)n5)[S@](=O)CC6)CC4)nc3)CC2)CCN(C(=O)CN2CCC(c3ccc4c(c3)CN(C3CCC(=O)NC3=O)C4=O)CC2)CC1. The Kier molecular flexibility index (Phi) is 14.8. The van der Waals surface area contributed by atoms with Crippen molar-refractivity contribution in [1.82, 2.24) is 50.6 Å². The van der Waals surface area contributed by atoms with E-state index in [1.165, 1.54) is 13.5 Å². The lowest BCUT2D eigenvalue weighted by Crippen LogP contribution is -2.62. The number of methoxy groups -OCH3 is 1. The van der Waals surface area contributed by atoms with Gasteiger partial charge in [0, 0.05) is 87.5 Å². The number of benzene rings is 1. The Labute approximate surface area is 445 Å². The van der Waals surface area contributed by atoms with E-state index in [-0.39, 0.29) is 66.6 Å². The molecular formula is C54H71N13O8S. The van der Waals surface area contributed by atoms with Crippen LogP contribution in [-0.2, 0) is 52.5 Å². The number of carbonyl (C=O) groups excluding carboxylic acids is 6. The van der Waals surface area contributed by atoms with Crippen LogP contribution in [0.25, 0.3) is 0 Å². The molecule has 0 spiro atoms. The number of carbonyl (C=O) groups is 6. The summed E-state index contributed by atoms with van der Waals surface area (Å²) in [6, 6.07) is 5.28. The zero-order valence-electron chi connectivity index (χ0n) is 43.8. The molecule has 1 aliphatic carbocycles. The fourth-order valence-corrected chi connectivity index (χ4v) is 14.0. The maximum Gasteiger partial charge on any atom is 0.326 e. The average molecular weight is 1060 g/mol. The van der Waals surface area contributed by atoms with Crippen molar-refractivity contribution >= 4 is 63.8 Å². The van der Waals surface area contributed by atoms with E-state index in [2.05, 4.69) is 49.0 Å². The number of piperidine rings is 5. The molecular weight excluding hydrogens is 991 g/mol. The Balaban J connectivity index is 0.594. The monoisotopic (exact) mass is 1060 g/mol. The van der Waals surface area contributed by atoms with E-state index in [0.717, 1.165) is 130 Å². The number of ether oxygens (including phenoxy) is 1. The first-order valence-electron chi connectivity index (χ1n) is 27.5. The molecule has 5 saturated heterocycles. The molecule has 2 atom stereocenters. The number of nitrogens with zero attached hydrogens (tertiary/aromatic N) is 9. The third-order valence-corrected chi connectivity index (χ3v) is 19.1. The Morgan fingerprint density at radius 3 is 2.24 bits per heavy atom. The van der Waals surface area contributed by atoms with Crippen molar-refractivity contribution in [1.29, 1.82) is 0 Å². The number of rotatable bonds is 14. The number of esters is 1. The molecule has 406 valence electrons. The predicted molar refractivity (Wildman–Crippen MR) is 282 cm³/mol. The lowest BCUT2D eigenvalue weighted by Gasteiger charge is -2.41. The third-order valence-electron chi connectivity index (χ3n) is 17.7. The lowest BCUT2D eigenvalue weighted by molar-refractivity contribution is -0.153. The van der Waals surface area contributed by atoms with Gasteiger partial charge in [-0.05, 0) is 120 Å². The molecule has 0 bridgehead atoms. The van der Waals surface area contributed by atoms with E-state index in [4.69, 9.17) is 24.7 Å². The fraction of sp³-hybridized carbons (Fsp3) is 0.630. The highest BCUT2D eigenvalue weighted by Crippen LogP contribution is 2.40. The van der Waals surface area contributed by atoms with Gasteiger partial charge < -0.3 is 35.0 Å². The van der Waals surface area contributed by atoms with Gasteiger partial charge in [0.05, 0.1) is 54.8 Å². The minimum atomic E-state index is -1.08. The number of amides is 5. The van der Waals surface area contributed by atoms with Gasteiger partial charge in [-0.3, -0.25) is 48.5 Å². The summed E-state index contributed by atoms with van der Waals surface area (Å²) in [5.74, 6) is 1.88. The lowest BCUT2D eigenvalue weighted by atomic mass is 9.78. The van der Waals surface area contributed by atoms with Crippen LogP contribution >= 0.6 is 0 Å². The van der Waals surface area contributed by atoms with Crippen molar-refractivity contribution in [2.24, 2.45) is 0 Å². The summed E-state index contributed by atoms with van der Waals surface area (Å²) >= 11 is 0. The molecule has 0 radical (unpaired) electrons. The van der Waals surface area contributed by atoms with Gasteiger partial charge in [-0.25, -0.2) is 15.0 Å². The van der Waals surface area contributed by atoms with Gasteiger partial charge in [-0.1, -0.05) is 12.1 Å². The van der Waals surface area contributed by atoms with Gasteiger partial charge >= 0.3 is 5.97 Å². The fourth-order valence-electron chi connectivity index (χ4n) is 12.7. The largest absolute Gasteiger partial charge is 0.468 e. The zero-order valence-corrected chi connectivity index (χ0v) is 44.6. The third kappa shape index (κ3) is 10.8. The molecule has 6 fully saturated rings. The van der Waals surface area contributed by atoms with Crippen molar-refractivity contribution in [3.05, 3.63) is 58.8 Å². The van der Waals surface area contributed by atoms with Crippen LogP contribution in [0.15, 0.2) is 35.5 Å². The van der Waals surface area contributed by atoms with Gasteiger partial charge in [-0.2, -0.15) is 4.98 Å². The Bertz CT molecular complexity index is 2760. The topological polar surface area (TPSA) is 245 Å². The summed E-state index contributed by atoms with van der Waals surface area (Å²) in [5.41, 5.74) is 3.43. The van der Waals surface area contributed by atoms with Crippen LogP contribution in [0.2, 0.25) is 0 Å². The molecule has 1 saturated carbocycles. The number of hydrogen-bond acceptors (Lipinski definition) is 17. The van der Waals surface area contributed by atoms with E-state index >= 15 is 0 Å². The van der Waals surface area contributed by atoms with Crippen LogP contribution in [0.1, 0.15) is 135 Å². The maximum absolute atomic E-state index is 13.6. The van der Waals surface area contributed by atoms with Crippen LogP contribution in [-0.4, -0.2) is 176 Å². The van der Waals surface area contributed by atoms with Crippen LogP contribution in [0.3, 0.4) is 0 Å². The predicted octanol–water partition coefficient (Wildman–Crippen LogP) is 2.52. The number of nitrogens with one attached hydrogen (secondary N) is 4. The van der Waals surface area contributed by atoms with Crippen LogP contribution in [0, 0.1) is 0 Å². The normalized spacial score (nSPS) is 24.2. The van der Waals surface area contributed by atoms with Crippen LogP contribution < -0.4 is 31.1 Å². The van der Waals surface area contributed by atoms with Gasteiger partial charge in [-0.15, -0.1) is 0 Å². The number of fused-ring (bicyclic) bond motifs is 2. The molecule has 5 amide bonds. The van der Waals surface area contributed by atoms with Gasteiger partial charge in [0.25, 0.3) is 5.91 Å². The van der Waals surface area contributed by atoms with Crippen molar-refractivity contribution in [2.75, 3.05) is 93.4 Å². The molecule has 4 N–H and O–H groups in total. The second kappa shape index (κ2) is 21.7. The Morgan fingerprint density at radius 1 is 0.842 bits per heavy atom. The zero-order chi connectivity index (χ0) is 52.7.